The van der Waals surface area contributed by atoms with Crippen LogP contribution in [0.3, 0.4) is 0 Å². The van der Waals surface area contributed by atoms with Crippen molar-refractivity contribution in [3.05, 3.63) is 29.6 Å². The third-order valence-corrected chi connectivity index (χ3v) is 3.72. The van der Waals surface area contributed by atoms with Crippen molar-refractivity contribution in [3.8, 4) is 0 Å². The van der Waals surface area contributed by atoms with Crippen LogP contribution < -0.4 is 5.32 Å². The lowest BCUT2D eigenvalue weighted by molar-refractivity contribution is -0.128. The van der Waals surface area contributed by atoms with Crippen molar-refractivity contribution in [2.45, 2.75) is 13.3 Å². The normalized spacial score (nSPS) is 21.1. The van der Waals surface area contributed by atoms with Gasteiger partial charge in [0.05, 0.1) is 5.41 Å². The number of hydrogen-bond acceptors (Lipinski definition) is 4. The molecule has 1 fully saturated rings. The van der Waals surface area contributed by atoms with E-state index in [1.807, 2.05) is 0 Å². The largest absolute Gasteiger partial charge is 0.477 e. The molecule has 2 N–H and O–H groups in total. The molecule has 0 saturated carbocycles. The van der Waals surface area contributed by atoms with Gasteiger partial charge in [0.1, 0.15) is 11.4 Å². The van der Waals surface area contributed by atoms with E-state index in [0.717, 1.165) is 0 Å². The monoisotopic (exact) mass is 291 g/mol. The van der Waals surface area contributed by atoms with Crippen molar-refractivity contribution in [1.82, 2.24) is 15.2 Å². The Morgan fingerprint density at radius 1 is 1.33 bits per heavy atom. The molecular weight excluding hydrogens is 274 g/mol. The molecule has 1 aromatic heterocycles. The maximum atomic E-state index is 12.4. The van der Waals surface area contributed by atoms with E-state index in [-0.39, 0.29) is 23.2 Å². The summed E-state index contributed by atoms with van der Waals surface area (Å²) in [4.78, 5) is 40.5. The van der Waals surface area contributed by atoms with Crippen LogP contribution in [0.25, 0.3) is 0 Å². The topological polar surface area (TPSA) is 99.6 Å². The first kappa shape index (κ1) is 15.0. The quantitative estimate of drug-likeness (QED) is 0.838. The number of pyridine rings is 1. The minimum atomic E-state index is -1.18. The van der Waals surface area contributed by atoms with Crippen molar-refractivity contribution in [2.24, 2.45) is 5.41 Å². The van der Waals surface area contributed by atoms with Crippen LogP contribution in [0.15, 0.2) is 18.2 Å². The van der Waals surface area contributed by atoms with Gasteiger partial charge in [-0.3, -0.25) is 9.59 Å². The lowest BCUT2D eigenvalue weighted by Crippen LogP contribution is -2.40. The zero-order valence-electron chi connectivity index (χ0n) is 11.9. The van der Waals surface area contributed by atoms with E-state index in [0.29, 0.717) is 19.5 Å². The highest BCUT2D eigenvalue weighted by atomic mass is 16.4. The number of aromatic carboxylic acids is 1. The van der Waals surface area contributed by atoms with Gasteiger partial charge >= 0.3 is 5.97 Å². The van der Waals surface area contributed by atoms with Gasteiger partial charge in [0, 0.05) is 20.1 Å². The highest BCUT2D eigenvalue weighted by Gasteiger charge is 2.41. The Kier molecular flexibility index (Phi) is 3.93. The van der Waals surface area contributed by atoms with Crippen molar-refractivity contribution >= 4 is 17.8 Å². The maximum Gasteiger partial charge on any atom is 0.354 e. The summed E-state index contributed by atoms with van der Waals surface area (Å²) in [6, 6.07) is 4.29. The van der Waals surface area contributed by atoms with Gasteiger partial charge in [0.25, 0.3) is 5.91 Å². The molecule has 7 nitrogen and oxygen atoms in total. The first-order chi connectivity index (χ1) is 9.87. The Bertz CT molecular complexity index is 602. The van der Waals surface area contributed by atoms with Crippen molar-refractivity contribution in [2.75, 3.05) is 20.1 Å². The molecule has 1 aliphatic rings. The number of rotatable bonds is 3. The van der Waals surface area contributed by atoms with Crippen LogP contribution in [0.4, 0.5) is 0 Å². The molecule has 0 bridgehead atoms. The SMILES string of the molecule is CNC(=O)C1(C)CCN(C(=O)c2cccc(C(=O)O)n2)C1. The fourth-order valence-corrected chi connectivity index (χ4v) is 2.46. The predicted molar refractivity (Wildman–Crippen MR) is 73.9 cm³/mol. The summed E-state index contributed by atoms with van der Waals surface area (Å²) in [5, 5.41) is 11.5. The number of nitrogens with zero attached hydrogens (tertiary/aromatic N) is 2. The summed E-state index contributed by atoms with van der Waals surface area (Å²) in [5.74, 6) is -1.64. The first-order valence-corrected chi connectivity index (χ1v) is 6.59. The summed E-state index contributed by atoms with van der Waals surface area (Å²) in [6.07, 6.45) is 0.567. The number of aromatic nitrogens is 1. The van der Waals surface area contributed by atoms with Crippen molar-refractivity contribution in [1.29, 1.82) is 0 Å². The molecule has 1 aliphatic heterocycles. The van der Waals surface area contributed by atoms with E-state index in [9.17, 15) is 14.4 Å². The summed E-state index contributed by atoms with van der Waals surface area (Å²) in [5.41, 5.74) is -0.709. The van der Waals surface area contributed by atoms with Gasteiger partial charge in [-0.05, 0) is 25.5 Å². The zero-order chi connectivity index (χ0) is 15.6. The molecule has 0 aliphatic carbocycles. The second kappa shape index (κ2) is 5.51. The third-order valence-electron chi connectivity index (χ3n) is 3.72. The molecule has 1 aromatic rings. The number of likely N-dealkylation sites (tertiary alicyclic amines) is 1. The van der Waals surface area contributed by atoms with Gasteiger partial charge in [-0.1, -0.05) is 6.07 Å². The van der Waals surface area contributed by atoms with Crippen LogP contribution in [-0.4, -0.2) is 52.9 Å². The minimum absolute atomic E-state index is 0.0797. The molecule has 2 amide bonds. The molecule has 0 aromatic carbocycles. The van der Waals surface area contributed by atoms with Crippen LogP contribution in [0.1, 0.15) is 34.3 Å². The Balaban J connectivity index is 2.17. The van der Waals surface area contributed by atoms with Crippen LogP contribution >= 0.6 is 0 Å². The van der Waals surface area contributed by atoms with Gasteiger partial charge < -0.3 is 15.3 Å². The van der Waals surface area contributed by atoms with Crippen LogP contribution in [0, 0.1) is 5.41 Å². The first-order valence-electron chi connectivity index (χ1n) is 6.59. The fourth-order valence-electron chi connectivity index (χ4n) is 2.46. The highest BCUT2D eigenvalue weighted by Crippen LogP contribution is 2.30. The Morgan fingerprint density at radius 2 is 2.00 bits per heavy atom. The van der Waals surface area contributed by atoms with E-state index in [2.05, 4.69) is 10.3 Å². The molecule has 2 heterocycles. The van der Waals surface area contributed by atoms with Crippen molar-refractivity contribution in [3.63, 3.8) is 0 Å². The standard InChI is InChI=1S/C14H17N3O4/c1-14(13(21)15-2)6-7-17(8-14)11(18)9-4-3-5-10(16-9)12(19)20/h3-5H,6-8H2,1-2H3,(H,15,21)(H,19,20). The van der Waals surface area contributed by atoms with Gasteiger partial charge in [-0.2, -0.15) is 0 Å². The number of carbonyl (C=O) groups is 3. The average molecular weight is 291 g/mol. The number of carboxylic acids is 1. The Morgan fingerprint density at radius 3 is 2.62 bits per heavy atom. The highest BCUT2D eigenvalue weighted by molar-refractivity contribution is 5.95. The molecule has 1 saturated heterocycles. The van der Waals surface area contributed by atoms with E-state index in [4.69, 9.17) is 5.11 Å². The van der Waals surface area contributed by atoms with Crippen LogP contribution in [0.2, 0.25) is 0 Å². The van der Waals surface area contributed by atoms with Crippen LogP contribution in [-0.2, 0) is 4.79 Å². The van der Waals surface area contributed by atoms with E-state index < -0.39 is 11.4 Å². The summed E-state index contributed by atoms with van der Waals surface area (Å²) < 4.78 is 0. The molecule has 21 heavy (non-hydrogen) atoms. The van der Waals surface area contributed by atoms with Gasteiger partial charge in [-0.25, -0.2) is 9.78 Å². The molecule has 7 heteroatoms. The number of hydrogen-bond donors (Lipinski definition) is 2. The Labute approximate surface area is 122 Å². The second-order valence-electron chi connectivity index (χ2n) is 5.33. The summed E-state index contributed by atoms with van der Waals surface area (Å²) >= 11 is 0. The molecular formula is C14H17N3O4. The lowest BCUT2D eigenvalue weighted by atomic mass is 9.89. The summed E-state index contributed by atoms with van der Waals surface area (Å²) in [6.45, 7) is 2.55. The average Bonchev–Trinajstić information content (AvgIpc) is 2.89. The van der Waals surface area contributed by atoms with Crippen LogP contribution in [0.5, 0.6) is 0 Å². The van der Waals surface area contributed by atoms with E-state index in [1.165, 1.54) is 23.1 Å². The molecule has 112 valence electrons. The van der Waals surface area contributed by atoms with E-state index >= 15 is 0 Å². The molecule has 2 rings (SSSR count). The van der Waals surface area contributed by atoms with Crippen molar-refractivity contribution < 1.29 is 19.5 Å². The van der Waals surface area contributed by atoms with Gasteiger partial charge in [0.2, 0.25) is 5.91 Å². The smallest absolute Gasteiger partial charge is 0.354 e. The van der Waals surface area contributed by atoms with E-state index in [1.54, 1.807) is 14.0 Å². The number of carboxylic acid groups (broad SMARTS) is 1. The third kappa shape index (κ3) is 2.86. The molecule has 1 unspecified atom stereocenters. The molecule has 1 atom stereocenters. The predicted octanol–water partition coefficient (Wildman–Crippen LogP) is 0.378. The molecule has 0 radical (unpaired) electrons. The number of nitrogens with one attached hydrogen (secondary N) is 1. The van der Waals surface area contributed by atoms with Gasteiger partial charge in [-0.15, -0.1) is 0 Å². The summed E-state index contributed by atoms with van der Waals surface area (Å²) in [7, 11) is 1.57. The second-order valence-corrected chi connectivity index (χ2v) is 5.33. The molecule has 0 spiro atoms. The maximum absolute atomic E-state index is 12.4. The fraction of sp³-hybridized carbons (Fsp3) is 0.429. The zero-order valence-corrected chi connectivity index (χ0v) is 11.9. The lowest BCUT2D eigenvalue weighted by Gasteiger charge is -2.22. The Hall–Kier alpha value is -2.44. The van der Waals surface area contributed by atoms with Gasteiger partial charge in [0.15, 0.2) is 0 Å². The minimum Gasteiger partial charge on any atom is -0.477 e. The number of carbonyl (C=O) groups excluding carboxylic acids is 2. The number of amides is 2.